The van der Waals surface area contributed by atoms with Crippen molar-refractivity contribution in [3.8, 4) is 11.3 Å². The van der Waals surface area contributed by atoms with E-state index < -0.39 is 4.92 Å². The Morgan fingerprint density at radius 2 is 1.73 bits per heavy atom. The Balaban J connectivity index is 1.33. The summed E-state index contributed by atoms with van der Waals surface area (Å²) >= 11 is 10.8. The molecule has 1 saturated heterocycles. The summed E-state index contributed by atoms with van der Waals surface area (Å²) in [5, 5.41) is 14.9. The maximum Gasteiger partial charge on any atom is 0.269 e. The smallest absolute Gasteiger partial charge is 0.269 e. The molecule has 3 heterocycles. The maximum atomic E-state index is 13.7. The van der Waals surface area contributed by atoms with Crippen molar-refractivity contribution in [1.29, 1.82) is 0 Å². The van der Waals surface area contributed by atoms with Gasteiger partial charge in [0.25, 0.3) is 5.69 Å². The molecule has 2 atom stereocenters. The number of thiocarbonyl (C=S) groups is 1. The average Bonchev–Trinajstić information content (AvgIpc) is 3.59. The molecule has 2 aromatic heterocycles. The Kier molecular flexibility index (Phi) is 7.57. The van der Waals surface area contributed by atoms with Crippen molar-refractivity contribution in [3.63, 3.8) is 0 Å². The third-order valence-electron chi connectivity index (χ3n) is 6.61. The molecule has 1 fully saturated rings. The van der Waals surface area contributed by atoms with Crippen LogP contribution in [0.2, 0.25) is 0 Å². The first-order valence-corrected chi connectivity index (χ1v) is 14.5. The summed E-state index contributed by atoms with van der Waals surface area (Å²) in [5.41, 5.74) is 2.47. The largest absolute Gasteiger partial charge is 0.459 e. The van der Waals surface area contributed by atoms with Gasteiger partial charge in [-0.2, -0.15) is 0 Å². The number of rotatable bonds is 7. The monoisotopic (exact) mass is 646 g/mol. The molecule has 0 unspecified atom stereocenters. The number of nitrogens with zero attached hydrogens (tertiary/aromatic N) is 3. The molecule has 7 nitrogen and oxygen atoms in total. The van der Waals surface area contributed by atoms with Crippen molar-refractivity contribution in [3.05, 3.63) is 135 Å². The quantitative estimate of drug-likeness (QED) is 0.107. The van der Waals surface area contributed by atoms with Crippen molar-refractivity contribution >= 4 is 56.4 Å². The molecule has 1 aliphatic rings. The molecular formula is C30H20BrFN4O3S2. The zero-order valence-corrected chi connectivity index (χ0v) is 24.3. The summed E-state index contributed by atoms with van der Waals surface area (Å²) in [6.07, 6.45) is 1.74. The summed E-state index contributed by atoms with van der Waals surface area (Å²) in [7, 11) is 0. The van der Waals surface area contributed by atoms with Gasteiger partial charge in [-0.05, 0) is 107 Å². The van der Waals surface area contributed by atoms with Crippen LogP contribution in [0.15, 0.2) is 122 Å². The summed E-state index contributed by atoms with van der Waals surface area (Å²) < 4.78 is 20.7. The van der Waals surface area contributed by atoms with Crippen molar-refractivity contribution in [2.75, 3.05) is 4.90 Å². The number of furan rings is 1. The molecule has 204 valence electrons. The Morgan fingerprint density at radius 3 is 2.39 bits per heavy atom. The molecule has 0 saturated carbocycles. The van der Waals surface area contributed by atoms with Crippen molar-refractivity contribution < 1.29 is 13.7 Å². The predicted octanol–water partition coefficient (Wildman–Crippen LogP) is 8.48. The lowest BCUT2D eigenvalue weighted by atomic mass is 10.0. The van der Waals surface area contributed by atoms with Crippen molar-refractivity contribution in [2.24, 2.45) is 0 Å². The van der Waals surface area contributed by atoms with Crippen LogP contribution in [-0.4, -0.2) is 15.0 Å². The van der Waals surface area contributed by atoms with Crippen LogP contribution in [0.25, 0.3) is 11.3 Å². The van der Waals surface area contributed by atoms with Gasteiger partial charge in [-0.1, -0.05) is 17.8 Å². The van der Waals surface area contributed by atoms with Gasteiger partial charge in [0.15, 0.2) is 5.11 Å². The van der Waals surface area contributed by atoms with E-state index in [1.54, 1.807) is 24.4 Å². The summed E-state index contributed by atoms with van der Waals surface area (Å²) in [6.45, 7) is 0. The minimum atomic E-state index is -0.411. The fourth-order valence-corrected chi connectivity index (χ4v) is 6.42. The molecule has 0 radical (unpaired) electrons. The average molecular weight is 648 g/mol. The first-order valence-electron chi connectivity index (χ1n) is 12.5. The number of nitro benzene ring substituents is 1. The van der Waals surface area contributed by atoms with Crippen LogP contribution in [0.3, 0.4) is 0 Å². The topological polar surface area (TPSA) is 84.4 Å². The van der Waals surface area contributed by atoms with Crippen LogP contribution in [-0.2, 0) is 0 Å². The third kappa shape index (κ3) is 5.61. The minimum Gasteiger partial charge on any atom is -0.459 e. The second-order valence-electron chi connectivity index (χ2n) is 9.17. The number of hydrogen-bond donors (Lipinski definition) is 1. The number of anilines is 1. The number of non-ortho nitro benzene ring substituents is 1. The minimum absolute atomic E-state index is 0.0566. The maximum absolute atomic E-state index is 13.7. The molecular weight excluding hydrogens is 627 g/mol. The molecule has 0 aliphatic carbocycles. The van der Waals surface area contributed by atoms with Gasteiger partial charge < -0.3 is 14.6 Å². The van der Waals surface area contributed by atoms with E-state index in [9.17, 15) is 14.5 Å². The Hall–Kier alpha value is -4.06. The number of nitro groups is 1. The van der Waals surface area contributed by atoms with Gasteiger partial charge in [0.1, 0.15) is 23.4 Å². The fraction of sp³-hybridized carbons (Fsp3) is 0.0667. The predicted molar refractivity (Wildman–Crippen MR) is 163 cm³/mol. The Labute approximate surface area is 252 Å². The Bertz CT molecular complexity index is 1730. The standard InChI is InChI=1S/C30H20BrFN4O3S2/c31-24-17-18(32)4-13-23(24)26-14-15-27(39-26)29-28(25-3-1-2-16-33-25)34-30(40)35(29)19-5-9-21(10-6-19)41-22-11-7-20(8-12-22)36(37)38/h1-17,28-29H,(H,34,40)/t28-,29+/m1/s1. The van der Waals surface area contributed by atoms with E-state index in [2.05, 4.69) is 26.2 Å². The number of benzene rings is 3. The number of aromatic nitrogens is 1. The number of halogens is 2. The first-order chi connectivity index (χ1) is 19.9. The van der Waals surface area contributed by atoms with Crippen molar-refractivity contribution in [1.82, 2.24) is 10.3 Å². The lowest BCUT2D eigenvalue weighted by molar-refractivity contribution is -0.384. The number of hydrogen-bond acceptors (Lipinski definition) is 6. The highest BCUT2D eigenvalue weighted by atomic mass is 79.9. The highest BCUT2D eigenvalue weighted by molar-refractivity contribution is 9.10. The molecule has 6 rings (SSSR count). The number of nitrogens with one attached hydrogen (secondary N) is 1. The first kappa shape index (κ1) is 27.1. The van der Waals surface area contributed by atoms with E-state index >= 15 is 0 Å². The normalized spacial score (nSPS) is 16.5. The highest BCUT2D eigenvalue weighted by Crippen LogP contribution is 2.44. The molecule has 11 heteroatoms. The second kappa shape index (κ2) is 11.4. The zero-order valence-electron chi connectivity index (χ0n) is 21.1. The van der Waals surface area contributed by atoms with Crippen LogP contribution in [0.4, 0.5) is 15.8 Å². The van der Waals surface area contributed by atoms with Gasteiger partial charge in [-0.3, -0.25) is 15.1 Å². The van der Waals surface area contributed by atoms with Crippen LogP contribution in [0.5, 0.6) is 0 Å². The van der Waals surface area contributed by atoms with Crippen LogP contribution >= 0.6 is 39.9 Å². The molecule has 3 aromatic carbocycles. The molecule has 5 aromatic rings. The SMILES string of the molecule is O=[N+]([O-])c1ccc(Sc2ccc(N3C(=S)N[C@H](c4ccccn4)[C@@H]3c3ccc(-c4ccc(F)cc4Br)o3)cc2)cc1. The molecule has 0 bridgehead atoms. The third-order valence-corrected chi connectivity index (χ3v) is 8.60. The van der Waals surface area contributed by atoms with E-state index in [1.807, 2.05) is 59.5 Å². The van der Waals surface area contributed by atoms with E-state index in [1.165, 1.54) is 36.0 Å². The molecule has 1 N–H and O–H groups in total. The van der Waals surface area contributed by atoms with Crippen LogP contribution in [0.1, 0.15) is 23.5 Å². The Morgan fingerprint density at radius 1 is 1.00 bits per heavy atom. The van der Waals surface area contributed by atoms with Gasteiger partial charge in [-0.25, -0.2) is 4.39 Å². The van der Waals surface area contributed by atoms with Crippen LogP contribution in [0, 0.1) is 15.9 Å². The molecule has 0 spiro atoms. The summed E-state index contributed by atoms with van der Waals surface area (Å²) in [5.74, 6) is 0.928. The van der Waals surface area contributed by atoms with E-state index in [-0.39, 0.29) is 23.6 Å². The fourth-order valence-electron chi connectivity index (χ4n) is 4.71. The number of pyridine rings is 1. The molecule has 41 heavy (non-hydrogen) atoms. The van der Waals surface area contributed by atoms with E-state index in [0.717, 1.165) is 26.7 Å². The van der Waals surface area contributed by atoms with Gasteiger partial charge >= 0.3 is 0 Å². The summed E-state index contributed by atoms with van der Waals surface area (Å²) in [4.78, 5) is 19.0. The van der Waals surface area contributed by atoms with Gasteiger partial charge in [-0.15, -0.1) is 0 Å². The lowest BCUT2D eigenvalue weighted by Crippen LogP contribution is -2.29. The van der Waals surface area contributed by atoms with E-state index in [4.69, 9.17) is 16.6 Å². The second-order valence-corrected chi connectivity index (χ2v) is 11.6. The van der Waals surface area contributed by atoms with Crippen LogP contribution < -0.4 is 10.2 Å². The van der Waals surface area contributed by atoms with Gasteiger partial charge in [0.2, 0.25) is 0 Å². The van der Waals surface area contributed by atoms with Crippen molar-refractivity contribution in [2.45, 2.75) is 21.9 Å². The van der Waals surface area contributed by atoms with Gasteiger partial charge in [0.05, 0.1) is 16.7 Å². The zero-order chi connectivity index (χ0) is 28.5. The summed E-state index contributed by atoms with van der Waals surface area (Å²) in [6, 6.07) is 27.8. The lowest BCUT2D eigenvalue weighted by Gasteiger charge is -2.26. The molecule has 0 amide bonds. The molecule has 1 aliphatic heterocycles. The highest BCUT2D eigenvalue weighted by Gasteiger charge is 2.42. The van der Waals surface area contributed by atoms with Gasteiger partial charge in [0, 0.05) is 43.8 Å². The van der Waals surface area contributed by atoms with E-state index in [0.29, 0.717) is 21.1 Å².